The molecule has 0 fully saturated rings. The maximum absolute atomic E-state index is 9.17. The predicted molar refractivity (Wildman–Crippen MR) is 56.2 cm³/mol. The second-order valence-corrected chi connectivity index (χ2v) is 3.89. The molecule has 0 aromatic heterocycles. The van der Waals surface area contributed by atoms with Gasteiger partial charge in [0.05, 0.1) is 18.8 Å². The van der Waals surface area contributed by atoms with E-state index in [4.69, 9.17) is 14.9 Å². The molecule has 0 heterocycles. The van der Waals surface area contributed by atoms with Crippen LogP contribution in [0, 0.1) is 5.92 Å². The number of hydrogen-bond donors (Lipinski definition) is 3. The fourth-order valence-electron chi connectivity index (χ4n) is 1.24. The van der Waals surface area contributed by atoms with Gasteiger partial charge in [0.1, 0.15) is 0 Å². The summed E-state index contributed by atoms with van der Waals surface area (Å²) in [6.07, 6.45) is 0.708. The zero-order valence-corrected chi connectivity index (χ0v) is 9.42. The van der Waals surface area contributed by atoms with Gasteiger partial charge >= 0.3 is 0 Å². The Morgan fingerprint density at radius 1 is 1.36 bits per heavy atom. The molecule has 0 saturated carbocycles. The Morgan fingerprint density at radius 2 is 1.93 bits per heavy atom. The van der Waals surface area contributed by atoms with Crippen molar-refractivity contribution in [2.24, 2.45) is 5.92 Å². The third-order valence-electron chi connectivity index (χ3n) is 2.56. The number of nitrogens with one attached hydrogen (secondary N) is 1. The van der Waals surface area contributed by atoms with Gasteiger partial charge in [0.2, 0.25) is 0 Å². The lowest BCUT2D eigenvalue weighted by atomic mass is 9.97. The quantitative estimate of drug-likeness (QED) is 0.521. The van der Waals surface area contributed by atoms with Crippen LogP contribution in [0.3, 0.4) is 0 Å². The molecule has 0 aromatic rings. The van der Waals surface area contributed by atoms with E-state index in [0.717, 1.165) is 6.54 Å². The molecule has 0 amide bonds. The molecule has 0 spiro atoms. The van der Waals surface area contributed by atoms with Gasteiger partial charge in [-0.1, -0.05) is 13.8 Å². The Kier molecular flexibility index (Phi) is 7.09. The number of ether oxygens (including phenoxy) is 1. The molecule has 0 bridgehead atoms. The summed E-state index contributed by atoms with van der Waals surface area (Å²) in [4.78, 5) is 0. The topological polar surface area (TPSA) is 61.7 Å². The number of aliphatic hydroxyl groups is 2. The van der Waals surface area contributed by atoms with Crippen LogP contribution in [0.15, 0.2) is 0 Å². The van der Waals surface area contributed by atoms with Crippen LogP contribution in [-0.2, 0) is 4.74 Å². The van der Waals surface area contributed by atoms with Gasteiger partial charge in [0, 0.05) is 20.3 Å². The predicted octanol–water partition coefficient (Wildman–Crippen LogP) is -0.00810. The smallest absolute Gasteiger partial charge is 0.0645 e. The fourth-order valence-corrected chi connectivity index (χ4v) is 1.24. The standard InChI is InChI=1S/C10H23NO3/c1-4-10(7-12,8-13)11-5-9(2)6-14-3/h9,11-13H,4-8H2,1-3H3. The van der Waals surface area contributed by atoms with Gasteiger partial charge in [-0.2, -0.15) is 0 Å². The summed E-state index contributed by atoms with van der Waals surface area (Å²) in [7, 11) is 1.67. The number of hydrogen-bond acceptors (Lipinski definition) is 4. The first kappa shape index (κ1) is 13.8. The van der Waals surface area contributed by atoms with Crippen molar-refractivity contribution in [2.45, 2.75) is 25.8 Å². The SMILES string of the molecule is CCC(CO)(CO)NCC(C)COC. The number of aliphatic hydroxyl groups excluding tert-OH is 2. The van der Waals surface area contributed by atoms with Gasteiger partial charge in [-0.15, -0.1) is 0 Å². The molecule has 0 rings (SSSR count). The average molecular weight is 205 g/mol. The molecule has 4 nitrogen and oxygen atoms in total. The molecule has 4 heteroatoms. The normalized spacial score (nSPS) is 14.4. The van der Waals surface area contributed by atoms with Crippen molar-refractivity contribution in [1.29, 1.82) is 0 Å². The Morgan fingerprint density at radius 3 is 2.29 bits per heavy atom. The minimum atomic E-state index is -0.540. The first-order valence-corrected chi connectivity index (χ1v) is 5.09. The van der Waals surface area contributed by atoms with Crippen LogP contribution in [-0.4, -0.2) is 49.2 Å². The second kappa shape index (κ2) is 7.17. The van der Waals surface area contributed by atoms with Crippen LogP contribution in [0.5, 0.6) is 0 Å². The largest absolute Gasteiger partial charge is 0.394 e. The van der Waals surface area contributed by atoms with E-state index in [1.165, 1.54) is 0 Å². The molecule has 0 radical (unpaired) electrons. The van der Waals surface area contributed by atoms with E-state index in [1.807, 2.05) is 6.92 Å². The zero-order valence-electron chi connectivity index (χ0n) is 9.42. The molecule has 3 N–H and O–H groups in total. The lowest BCUT2D eigenvalue weighted by molar-refractivity contribution is 0.0779. The Balaban J connectivity index is 3.92. The van der Waals surface area contributed by atoms with E-state index in [2.05, 4.69) is 12.2 Å². The molecule has 0 aliphatic heterocycles. The fraction of sp³-hybridized carbons (Fsp3) is 1.00. The van der Waals surface area contributed by atoms with Crippen LogP contribution in [0.1, 0.15) is 20.3 Å². The summed E-state index contributed by atoms with van der Waals surface area (Å²) in [5, 5.41) is 21.5. The van der Waals surface area contributed by atoms with E-state index in [9.17, 15) is 0 Å². The highest BCUT2D eigenvalue weighted by molar-refractivity contribution is 4.85. The summed E-state index contributed by atoms with van der Waals surface area (Å²) >= 11 is 0. The molecule has 0 aromatic carbocycles. The van der Waals surface area contributed by atoms with Crippen LogP contribution in [0.4, 0.5) is 0 Å². The summed E-state index contributed by atoms with van der Waals surface area (Å²) in [6, 6.07) is 0. The molecule has 86 valence electrons. The minimum absolute atomic E-state index is 0.0420. The Hall–Kier alpha value is -0.160. The van der Waals surface area contributed by atoms with Crippen molar-refractivity contribution in [3.63, 3.8) is 0 Å². The maximum Gasteiger partial charge on any atom is 0.0645 e. The minimum Gasteiger partial charge on any atom is -0.394 e. The van der Waals surface area contributed by atoms with E-state index in [0.29, 0.717) is 18.9 Å². The van der Waals surface area contributed by atoms with Crippen LogP contribution in [0.2, 0.25) is 0 Å². The van der Waals surface area contributed by atoms with E-state index in [1.54, 1.807) is 7.11 Å². The molecule has 0 aliphatic rings. The van der Waals surface area contributed by atoms with Crippen molar-refractivity contribution >= 4 is 0 Å². The highest BCUT2D eigenvalue weighted by Crippen LogP contribution is 2.09. The third kappa shape index (κ3) is 4.37. The van der Waals surface area contributed by atoms with E-state index >= 15 is 0 Å². The Bertz CT molecular complexity index is 129. The van der Waals surface area contributed by atoms with Gasteiger partial charge in [-0.05, 0) is 12.3 Å². The van der Waals surface area contributed by atoms with Crippen molar-refractivity contribution in [1.82, 2.24) is 5.32 Å². The van der Waals surface area contributed by atoms with Crippen LogP contribution < -0.4 is 5.32 Å². The van der Waals surface area contributed by atoms with Gasteiger partial charge in [0.15, 0.2) is 0 Å². The van der Waals surface area contributed by atoms with Gasteiger partial charge in [-0.3, -0.25) is 0 Å². The number of rotatable bonds is 8. The maximum atomic E-state index is 9.17. The van der Waals surface area contributed by atoms with Gasteiger partial charge < -0.3 is 20.3 Å². The summed E-state index contributed by atoms with van der Waals surface area (Å²) in [5.74, 6) is 0.379. The molecular formula is C10H23NO3. The first-order valence-electron chi connectivity index (χ1n) is 5.09. The summed E-state index contributed by atoms with van der Waals surface area (Å²) in [6.45, 7) is 5.35. The molecule has 1 atom stereocenters. The van der Waals surface area contributed by atoms with Crippen LogP contribution >= 0.6 is 0 Å². The molecule has 14 heavy (non-hydrogen) atoms. The third-order valence-corrected chi connectivity index (χ3v) is 2.56. The van der Waals surface area contributed by atoms with E-state index < -0.39 is 5.54 Å². The molecule has 0 saturated heterocycles. The average Bonchev–Trinajstić information content (AvgIpc) is 2.21. The second-order valence-electron chi connectivity index (χ2n) is 3.89. The lowest BCUT2D eigenvalue weighted by Crippen LogP contribution is -2.52. The summed E-state index contributed by atoms with van der Waals surface area (Å²) < 4.78 is 5.00. The van der Waals surface area contributed by atoms with Crippen molar-refractivity contribution in [3.8, 4) is 0 Å². The molecule has 1 unspecified atom stereocenters. The van der Waals surface area contributed by atoms with Gasteiger partial charge in [0.25, 0.3) is 0 Å². The number of methoxy groups -OCH3 is 1. The van der Waals surface area contributed by atoms with Crippen LogP contribution in [0.25, 0.3) is 0 Å². The first-order chi connectivity index (χ1) is 6.64. The summed E-state index contributed by atoms with van der Waals surface area (Å²) in [5.41, 5.74) is -0.540. The lowest BCUT2D eigenvalue weighted by Gasteiger charge is -2.31. The highest BCUT2D eigenvalue weighted by atomic mass is 16.5. The molecular weight excluding hydrogens is 182 g/mol. The van der Waals surface area contributed by atoms with Crippen molar-refractivity contribution in [2.75, 3.05) is 33.5 Å². The van der Waals surface area contributed by atoms with Crippen molar-refractivity contribution < 1.29 is 14.9 Å². The van der Waals surface area contributed by atoms with Crippen molar-refractivity contribution in [3.05, 3.63) is 0 Å². The Labute approximate surface area is 86.3 Å². The monoisotopic (exact) mass is 205 g/mol. The zero-order chi connectivity index (χ0) is 11.0. The molecule has 0 aliphatic carbocycles. The highest BCUT2D eigenvalue weighted by Gasteiger charge is 2.25. The van der Waals surface area contributed by atoms with E-state index in [-0.39, 0.29) is 13.2 Å². The van der Waals surface area contributed by atoms with Gasteiger partial charge in [-0.25, -0.2) is 0 Å².